The fourth-order valence-electron chi connectivity index (χ4n) is 2.04. The number of pyridine rings is 1. The molecule has 112 valence electrons. The molecule has 0 aliphatic rings. The fourth-order valence-corrected chi connectivity index (χ4v) is 2.71. The number of thioether (sulfide) groups is 1. The average Bonchev–Trinajstić information content (AvgIpc) is 2.92. The lowest BCUT2D eigenvalue weighted by Gasteiger charge is -2.07. The SMILES string of the molecule is Cc1ccc(NC(=O)CSc2nc3ncccc3[nH]2)cc1C. The van der Waals surface area contributed by atoms with E-state index in [-0.39, 0.29) is 5.91 Å². The number of nitrogens with one attached hydrogen (secondary N) is 2. The average molecular weight is 312 g/mol. The van der Waals surface area contributed by atoms with Crippen molar-refractivity contribution in [2.24, 2.45) is 0 Å². The van der Waals surface area contributed by atoms with Crippen molar-refractivity contribution in [1.29, 1.82) is 0 Å². The Balaban J connectivity index is 1.60. The van der Waals surface area contributed by atoms with Gasteiger partial charge >= 0.3 is 0 Å². The van der Waals surface area contributed by atoms with Crippen LogP contribution in [-0.2, 0) is 4.79 Å². The van der Waals surface area contributed by atoms with E-state index in [0.717, 1.165) is 16.8 Å². The molecule has 22 heavy (non-hydrogen) atoms. The van der Waals surface area contributed by atoms with Gasteiger partial charge in [-0.25, -0.2) is 9.97 Å². The third kappa shape index (κ3) is 3.28. The highest BCUT2D eigenvalue weighted by molar-refractivity contribution is 7.99. The maximum atomic E-state index is 12.0. The predicted octanol–water partition coefficient (Wildman–Crippen LogP) is 3.31. The molecule has 0 unspecified atom stereocenters. The molecular weight excluding hydrogens is 296 g/mol. The number of imidazole rings is 1. The van der Waals surface area contributed by atoms with E-state index in [1.165, 1.54) is 17.3 Å². The van der Waals surface area contributed by atoms with E-state index < -0.39 is 0 Å². The molecule has 0 bridgehead atoms. The lowest BCUT2D eigenvalue weighted by Crippen LogP contribution is -2.14. The Morgan fingerprint density at radius 2 is 2.14 bits per heavy atom. The summed E-state index contributed by atoms with van der Waals surface area (Å²) in [5.74, 6) is 0.244. The molecule has 2 N–H and O–H groups in total. The highest BCUT2D eigenvalue weighted by Gasteiger charge is 2.08. The maximum absolute atomic E-state index is 12.0. The molecule has 0 atom stereocenters. The molecule has 1 amide bonds. The highest BCUT2D eigenvalue weighted by atomic mass is 32.2. The lowest BCUT2D eigenvalue weighted by atomic mass is 10.1. The molecule has 0 radical (unpaired) electrons. The van der Waals surface area contributed by atoms with E-state index in [4.69, 9.17) is 0 Å². The van der Waals surface area contributed by atoms with Gasteiger partial charge in [-0.3, -0.25) is 4.79 Å². The zero-order chi connectivity index (χ0) is 15.5. The zero-order valence-electron chi connectivity index (χ0n) is 12.4. The second-order valence-corrected chi connectivity index (χ2v) is 6.02. The minimum absolute atomic E-state index is 0.0540. The molecule has 6 heteroatoms. The van der Waals surface area contributed by atoms with E-state index in [9.17, 15) is 4.79 Å². The summed E-state index contributed by atoms with van der Waals surface area (Å²) in [6, 6.07) is 9.65. The van der Waals surface area contributed by atoms with Gasteiger partial charge < -0.3 is 10.3 Å². The van der Waals surface area contributed by atoms with Crippen molar-refractivity contribution in [2.45, 2.75) is 19.0 Å². The third-order valence-corrected chi connectivity index (χ3v) is 4.24. The van der Waals surface area contributed by atoms with E-state index >= 15 is 0 Å². The molecule has 0 fully saturated rings. The number of carbonyl (C=O) groups is 1. The Hall–Kier alpha value is -2.34. The molecule has 2 aromatic heterocycles. The standard InChI is InChI=1S/C16H16N4OS/c1-10-5-6-12(8-11(10)2)18-14(21)9-22-16-19-13-4-3-7-17-15(13)20-16/h3-8H,9H2,1-2H3,(H,18,21)(H,17,19,20). The Labute approximate surface area is 132 Å². The van der Waals surface area contributed by atoms with Crippen LogP contribution in [0.5, 0.6) is 0 Å². The van der Waals surface area contributed by atoms with Gasteiger partial charge in [-0.2, -0.15) is 0 Å². The van der Waals surface area contributed by atoms with Crippen LogP contribution < -0.4 is 5.32 Å². The van der Waals surface area contributed by atoms with Crippen LogP contribution in [0.3, 0.4) is 0 Å². The van der Waals surface area contributed by atoms with Gasteiger partial charge in [0.25, 0.3) is 0 Å². The van der Waals surface area contributed by atoms with Gasteiger partial charge in [0.05, 0.1) is 11.3 Å². The highest BCUT2D eigenvalue weighted by Crippen LogP contribution is 2.19. The first-order chi connectivity index (χ1) is 10.6. The maximum Gasteiger partial charge on any atom is 0.234 e. The van der Waals surface area contributed by atoms with Crippen molar-refractivity contribution in [3.63, 3.8) is 0 Å². The molecule has 0 saturated carbocycles. The van der Waals surface area contributed by atoms with Gasteiger partial charge in [-0.15, -0.1) is 0 Å². The number of fused-ring (bicyclic) bond motifs is 1. The second-order valence-electron chi connectivity index (χ2n) is 5.05. The normalized spacial score (nSPS) is 10.8. The summed E-state index contributed by atoms with van der Waals surface area (Å²) in [5, 5.41) is 3.60. The summed E-state index contributed by atoms with van der Waals surface area (Å²) in [4.78, 5) is 23.6. The van der Waals surface area contributed by atoms with Crippen LogP contribution in [0, 0.1) is 13.8 Å². The summed E-state index contributed by atoms with van der Waals surface area (Å²) in [5.41, 5.74) is 4.73. The number of aryl methyl sites for hydroxylation is 2. The number of aromatic amines is 1. The van der Waals surface area contributed by atoms with Crippen LogP contribution >= 0.6 is 11.8 Å². The largest absolute Gasteiger partial charge is 0.332 e. The van der Waals surface area contributed by atoms with Crippen molar-refractivity contribution in [2.75, 3.05) is 11.1 Å². The number of aromatic nitrogens is 3. The molecule has 3 rings (SSSR count). The summed E-state index contributed by atoms with van der Waals surface area (Å²) in [6.07, 6.45) is 1.70. The van der Waals surface area contributed by atoms with Crippen molar-refractivity contribution in [3.8, 4) is 0 Å². The zero-order valence-corrected chi connectivity index (χ0v) is 13.2. The number of rotatable bonds is 4. The number of anilines is 1. The number of hydrogen-bond donors (Lipinski definition) is 2. The van der Waals surface area contributed by atoms with Crippen LogP contribution in [0.2, 0.25) is 0 Å². The topological polar surface area (TPSA) is 70.7 Å². The van der Waals surface area contributed by atoms with Crippen molar-refractivity contribution in [3.05, 3.63) is 47.7 Å². The van der Waals surface area contributed by atoms with Gasteiger partial charge in [-0.05, 0) is 49.2 Å². The van der Waals surface area contributed by atoms with Crippen molar-refractivity contribution >= 4 is 34.5 Å². The smallest absolute Gasteiger partial charge is 0.234 e. The van der Waals surface area contributed by atoms with Crippen LogP contribution in [0.25, 0.3) is 11.2 Å². The third-order valence-electron chi connectivity index (χ3n) is 3.37. The lowest BCUT2D eigenvalue weighted by molar-refractivity contribution is -0.113. The van der Waals surface area contributed by atoms with E-state index in [1.54, 1.807) is 6.20 Å². The molecule has 2 heterocycles. The van der Waals surface area contributed by atoms with Gasteiger partial charge in [0, 0.05) is 11.9 Å². The van der Waals surface area contributed by atoms with Gasteiger partial charge in [-0.1, -0.05) is 17.8 Å². The first-order valence-electron chi connectivity index (χ1n) is 6.92. The molecule has 1 aromatic carbocycles. The summed E-state index contributed by atoms with van der Waals surface area (Å²) in [6.45, 7) is 4.08. The van der Waals surface area contributed by atoms with E-state index in [0.29, 0.717) is 16.6 Å². The quantitative estimate of drug-likeness (QED) is 0.725. The fraction of sp³-hybridized carbons (Fsp3) is 0.188. The molecule has 0 aliphatic carbocycles. The summed E-state index contributed by atoms with van der Waals surface area (Å²) in [7, 11) is 0. The van der Waals surface area contributed by atoms with Gasteiger partial charge in [0.1, 0.15) is 0 Å². The molecule has 0 spiro atoms. The van der Waals surface area contributed by atoms with Gasteiger partial charge in [0.2, 0.25) is 5.91 Å². The Morgan fingerprint density at radius 3 is 2.91 bits per heavy atom. The van der Waals surface area contributed by atoms with E-state index in [1.807, 2.05) is 44.2 Å². The minimum Gasteiger partial charge on any atom is -0.332 e. The number of amides is 1. The first-order valence-corrected chi connectivity index (χ1v) is 7.91. The number of benzene rings is 1. The van der Waals surface area contributed by atoms with Crippen LogP contribution in [-0.4, -0.2) is 26.6 Å². The first kappa shape index (κ1) is 14.6. The summed E-state index contributed by atoms with van der Waals surface area (Å²) >= 11 is 1.36. The summed E-state index contributed by atoms with van der Waals surface area (Å²) < 4.78 is 0. The number of H-pyrrole nitrogens is 1. The molecule has 0 aliphatic heterocycles. The molecule has 0 saturated heterocycles. The van der Waals surface area contributed by atoms with Crippen LogP contribution in [0.4, 0.5) is 5.69 Å². The number of hydrogen-bond acceptors (Lipinski definition) is 4. The second kappa shape index (κ2) is 6.19. The monoisotopic (exact) mass is 312 g/mol. The minimum atomic E-state index is -0.0540. The van der Waals surface area contributed by atoms with Crippen molar-refractivity contribution in [1.82, 2.24) is 15.0 Å². The van der Waals surface area contributed by atoms with Crippen LogP contribution in [0.1, 0.15) is 11.1 Å². The molecule has 3 aromatic rings. The predicted molar refractivity (Wildman–Crippen MR) is 89.2 cm³/mol. The molecule has 5 nitrogen and oxygen atoms in total. The number of nitrogens with zero attached hydrogens (tertiary/aromatic N) is 2. The number of carbonyl (C=O) groups excluding carboxylic acids is 1. The Kier molecular flexibility index (Phi) is 4.11. The van der Waals surface area contributed by atoms with Gasteiger partial charge in [0.15, 0.2) is 10.8 Å². The molecular formula is C16H16N4OS. The van der Waals surface area contributed by atoms with Crippen molar-refractivity contribution < 1.29 is 4.79 Å². The Morgan fingerprint density at radius 1 is 1.27 bits per heavy atom. The van der Waals surface area contributed by atoms with E-state index in [2.05, 4.69) is 20.3 Å². The van der Waals surface area contributed by atoms with Crippen LogP contribution in [0.15, 0.2) is 41.7 Å². The Bertz CT molecular complexity index is 795.